The van der Waals surface area contributed by atoms with E-state index in [1.807, 2.05) is 17.8 Å². The number of rotatable bonds is 1. The van der Waals surface area contributed by atoms with Gasteiger partial charge >= 0.3 is 0 Å². The monoisotopic (exact) mass is 227 g/mol. The van der Waals surface area contributed by atoms with Gasteiger partial charge in [0.05, 0.1) is 5.25 Å². The molecule has 2 aromatic carbocycles. The molecular formula is C14H13NS. The number of hydrogen-bond acceptors (Lipinski definition) is 2. The zero-order valence-electron chi connectivity index (χ0n) is 8.84. The fourth-order valence-corrected chi connectivity index (χ4v) is 3.51. The third-order valence-electron chi connectivity index (χ3n) is 2.99. The van der Waals surface area contributed by atoms with Crippen LogP contribution in [0.4, 0.5) is 0 Å². The molecule has 80 valence electrons. The zero-order valence-corrected chi connectivity index (χ0v) is 9.65. The number of benzene rings is 2. The summed E-state index contributed by atoms with van der Waals surface area (Å²) >= 11 is 1.87. The molecule has 0 aliphatic carbocycles. The second-order valence-electron chi connectivity index (χ2n) is 4.01. The van der Waals surface area contributed by atoms with Gasteiger partial charge in [-0.3, -0.25) is 0 Å². The van der Waals surface area contributed by atoms with Crippen LogP contribution in [0.3, 0.4) is 0 Å². The van der Waals surface area contributed by atoms with E-state index in [0.29, 0.717) is 5.25 Å². The van der Waals surface area contributed by atoms with Crippen molar-refractivity contribution in [1.82, 2.24) is 0 Å². The van der Waals surface area contributed by atoms with Gasteiger partial charge in [-0.05, 0) is 17.2 Å². The highest BCUT2D eigenvalue weighted by Gasteiger charge is 2.30. The van der Waals surface area contributed by atoms with Crippen molar-refractivity contribution in [2.45, 2.75) is 16.2 Å². The molecule has 3 rings (SSSR count). The van der Waals surface area contributed by atoms with Crippen LogP contribution in [0, 0.1) is 0 Å². The van der Waals surface area contributed by atoms with E-state index in [1.165, 1.54) is 16.0 Å². The van der Waals surface area contributed by atoms with Gasteiger partial charge in [0.15, 0.2) is 0 Å². The predicted octanol–water partition coefficient (Wildman–Crippen LogP) is 3.53. The van der Waals surface area contributed by atoms with Gasteiger partial charge < -0.3 is 5.73 Å². The highest BCUT2D eigenvalue weighted by Crippen LogP contribution is 2.51. The summed E-state index contributed by atoms with van der Waals surface area (Å²) in [6.07, 6.45) is 0. The van der Waals surface area contributed by atoms with E-state index in [9.17, 15) is 0 Å². The predicted molar refractivity (Wildman–Crippen MR) is 68.4 cm³/mol. The van der Waals surface area contributed by atoms with E-state index >= 15 is 0 Å². The fourth-order valence-electron chi connectivity index (χ4n) is 2.15. The van der Waals surface area contributed by atoms with Gasteiger partial charge in [0.1, 0.15) is 0 Å². The molecular weight excluding hydrogens is 214 g/mol. The Labute approximate surface area is 99.7 Å². The lowest BCUT2D eigenvalue weighted by Crippen LogP contribution is -2.13. The van der Waals surface area contributed by atoms with Crippen LogP contribution in [0.25, 0.3) is 0 Å². The van der Waals surface area contributed by atoms with E-state index < -0.39 is 0 Å². The van der Waals surface area contributed by atoms with Crippen molar-refractivity contribution in [3.05, 3.63) is 65.7 Å². The maximum atomic E-state index is 6.30. The van der Waals surface area contributed by atoms with Crippen molar-refractivity contribution in [3.63, 3.8) is 0 Å². The third kappa shape index (κ3) is 1.55. The Morgan fingerprint density at radius 3 is 2.31 bits per heavy atom. The molecule has 2 atom stereocenters. The highest BCUT2D eigenvalue weighted by atomic mass is 32.2. The van der Waals surface area contributed by atoms with Gasteiger partial charge in [0, 0.05) is 10.9 Å². The summed E-state index contributed by atoms with van der Waals surface area (Å²) in [7, 11) is 0. The number of thioether (sulfide) groups is 1. The minimum atomic E-state index is 0.114. The normalized spacial score (nSPS) is 23.1. The van der Waals surface area contributed by atoms with Gasteiger partial charge in [0.25, 0.3) is 0 Å². The molecule has 0 aromatic heterocycles. The SMILES string of the molecule is NC1c2ccccc2SC1c1ccccc1. The second kappa shape index (κ2) is 3.96. The Kier molecular flexibility index (Phi) is 2.46. The van der Waals surface area contributed by atoms with E-state index in [0.717, 1.165) is 0 Å². The van der Waals surface area contributed by atoms with Gasteiger partial charge in [-0.1, -0.05) is 48.5 Å². The Hall–Kier alpha value is -1.25. The van der Waals surface area contributed by atoms with Crippen LogP contribution in [0.5, 0.6) is 0 Å². The van der Waals surface area contributed by atoms with E-state index in [-0.39, 0.29) is 6.04 Å². The molecule has 0 saturated carbocycles. The van der Waals surface area contributed by atoms with Gasteiger partial charge in [-0.15, -0.1) is 11.8 Å². The first-order valence-corrected chi connectivity index (χ1v) is 6.30. The van der Waals surface area contributed by atoms with E-state index in [4.69, 9.17) is 5.73 Å². The van der Waals surface area contributed by atoms with Crippen LogP contribution in [0.1, 0.15) is 22.4 Å². The molecule has 0 spiro atoms. The molecule has 2 unspecified atom stereocenters. The van der Waals surface area contributed by atoms with Gasteiger partial charge in [0.2, 0.25) is 0 Å². The molecule has 1 aliphatic heterocycles. The number of nitrogens with two attached hydrogens (primary N) is 1. The molecule has 1 aliphatic rings. The van der Waals surface area contributed by atoms with Crippen LogP contribution >= 0.6 is 11.8 Å². The average Bonchev–Trinajstić information content (AvgIpc) is 2.69. The minimum absolute atomic E-state index is 0.114. The summed E-state index contributed by atoms with van der Waals surface area (Å²) in [5.41, 5.74) is 8.90. The lowest BCUT2D eigenvalue weighted by atomic mass is 10.00. The minimum Gasteiger partial charge on any atom is -0.323 e. The quantitative estimate of drug-likeness (QED) is 0.806. The molecule has 0 bridgehead atoms. The topological polar surface area (TPSA) is 26.0 Å². The maximum absolute atomic E-state index is 6.30. The lowest BCUT2D eigenvalue weighted by molar-refractivity contribution is 0.715. The van der Waals surface area contributed by atoms with E-state index in [2.05, 4.69) is 48.5 Å². The van der Waals surface area contributed by atoms with Crippen molar-refractivity contribution >= 4 is 11.8 Å². The smallest absolute Gasteiger partial charge is 0.0537 e. The molecule has 1 heterocycles. The van der Waals surface area contributed by atoms with Gasteiger partial charge in [-0.2, -0.15) is 0 Å². The molecule has 0 saturated heterocycles. The lowest BCUT2D eigenvalue weighted by Gasteiger charge is -2.15. The van der Waals surface area contributed by atoms with Crippen LogP contribution in [-0.2, 0) is 0 Å². The number of fused-ring (bicyclic) bond motifs is 1. The molecule has 0 amide bonds. The number of hydrogen-bond donors (Lipinski definition) is 1. The Bertz CT molecular complexity index is 495. The van der Waals surface area contributed by atoms with Crippen molar-refractivity contribution < 1.29 is 0 Å². The first kappa shape index (κ1) is 9.94. The summed E-state index contributed by atoms with van der Waals surface area (Å²) in [4.78, 5) is 1.32. The first-order valence-electron chi connectivity index (χ1n) is 5.42. The molecule has 2 heteroatoms. The molecule has 0 fully saturated rings. The second-order valence-corrected chi connectivity index (χ2v) is 5.20. The van der Waals surface area contributed by atoms with Crippen LogP contribution in [0.2, 0.25) is 0 Å². The van der Waals surface area contributed by atoms with Crippen LogP contribution in [-0.4, -0.2) is 0 Å². The Morgan fingerprint density at radius 2 is 1.56 bits per heavy atom. The molecule has 0 radical (unpaired) electrons. The summed E-state index contributed by atoms with van der Waals surface area (Å²) in [5.74, 6) is 0. The van der Waals surface area contributed by atoms with Crippen molar-refractivity contribution in [3.8, 4) is 0 Å². The zero-order chi connectivity index (χ0) is 11.0. The molecule has 16 heavy (non-hydrogen) atoms. The molecule has 2 N–H and O–H groups in total. The van der Waals surface area contributed by atoms with Crippen molar-refractivity contribution in [2.75, 3.05) is 0 Å². The summed E-state index contributed by atoms with van der Waals surface area (Å²) < 4.78 is 0. The Balaban J connectivity index is 1.99. The Morgan fingerprint density at radius 1 is 0.875 bits per heavy atom. The van der Waals surface area contributed by atoms with Crippen LogP contribution in [0.15, 0.2) is 59.5 Å². The van der Waals surface area contributed by atoms with E-state index in [1.54, 1.807) is 0 Å². The fraction of sp³-hybridized carbons (Fsp3) is 0.143. The standard InChI is InChI=1S/C14H13NS/c15-13-11-8-4-5-9-12(11)16-14(13)10-6-2-1-3-7-10/h1-9,13-14H,15H2. The molecule has 2 aromatic rings. The maximum Gasteiger partial charge on any atom is 0.0537 e. The largest absolute Gasteiger partial charge is 0.323 e. The van der Waals surface area contributed by atoms with Crippen LogP contribution < -0.4 is 5.73 Å². The first-order chi connectivity index (χ1) is 7.86. The van der Waals surface area contributed by atoms with Crippen molar-refractivity contribution in [1.29, 1.82) is 0 Å². The highest BCUT2D eigenvalue weighted by molar-refractivity contribution is 8.00. The average molecular weight is 227 g/mol. The summed E-state index contributed by atoms with van der Waals surface area (Å²) in [6, 6.07) is 19.0. The van der Waals surface area contributed by atoms with Crippen molar-refractivity contribution in [2.24, 2.45) is 5.73 Å². The van der Waals surface area contributed by atoms with Gasteiger partial charge in [-0.25, -0.2) is 0 Å². The third-order valence-corrected chi connectivity index (χ3v) is 4.43. The summed E-state index contributed by atoms with van der Waals surface area (Å²) in [5, 5.41) is 0.360. The summed E-state index contributed by atoms with van der Waals surface area (Å²) in [6.45, 7) is 0. The molecule has 1 nitrogen and oxygen atoms in total.